The second-order valence-electron chi connectivity index (χ2n) is 5.14. The number of hydrogen-bond acceptors (Lipinski definition) is 4. The molecule has 124 valence electrons. The highest BCUT2D eigenvalue weighted by atomic mass is 16.6. The van der Waals surface area contributed by atoms with Gasteiger partial charge in [0.2, 0.25) is 0 Å². The molecule has 2 rings (SSSR count). The average Bonchev–Trinajstić information content (AvgIpc) is 2.59. The number of nitrogens with one attached hydrogen (secondary N) is 1. The average molecular weight is 326 g/mol. The van der Waals surface area contributed by atoms with Gasteiger partial charge in [0.25, 0.3) is 5.69 Å². The molecule has 0 aliphatic carbocycles. The second-order valence-corrected chi connectivity index (χ2v) is 5.14. The van der Waals surface area contributed by atoms with Gasteiger partial charge in [-0.1, -0.05) is 48.6 Å². The van der Waals surface area contributed by atoms with Gasteiger partial charge >= 0.3 is 6.09 Å². The van der Waals surface area contributed by atoms with Crippen LogP contribution in [0, 0.1) is 17.0 Å². The number of non-ortho nitro benzene ring substituents is 1. The summed E-state index contributed by atoms with van der Waals surface area (Å²) in [6.45, 7) is 2.35. The lowest BCUT2D eigenvalue weighted by atomic mass is 10.1. The number of amides is 1. The lowest BCUT2D eigenvalue weighted by Crippen LogP contribution is -2.24. The number of carbonyl (C=O) groups excluding carboxylic acids is 1. The van der Waals surface area contributed by atoms with E-state index in [-0.39, 0.29) is 18.8 Å². The number of hydrogen-bond donors (Lipinski definition) is 1. The van der Waals surface area contributed by atoms with Crippen LogP contribution in [0.2, 0.25) is 0 Å². The Morgan fingerprint density at radius 2 is 2.00 bits per heavy atom. The summed E-state index contributed by atoms with van der Waals surface area (Å²) >= 11 is 0. The van der Waals surface area contributed by atoms with Gasteiger partial charge in [-0.3, -0.25) is 10.1 Å². The fourth-order valence-electron chi connectivity index (χ4n) is 2.02. The molecule has 2 aromatic rings. The zero-order chi connectivity index (χ0) is 17.4. The minimum atomic E-state index is -0.515. The third kappa shape index (κ3) is 5.24. The maximum atomic E-state index is 11.6. The number of rotatable bonds is 6. The van der Waals surface area contributed by atoms with E-state index in [1.165, 1.54) is 12.1 Å². The Morgan fingerprint density at radius 3 is 2.71 bits per heavy atom. The molecule has 0 fully saturated rings. The van der Waals surface area contributed by atoms with Gasteiger partial charge in [-0.15, -0.1) is 0 Å². The molecule has 1 amide bonds. The molecule has 1 N–H and O–H groups in total. The van der Waals surface area contributed by atoms with Gasteiger partial charge in [-0.05, 0) is 23.6 Å². The first-order valence-corrected chi connectivity index (χ1v) is 7.42. The highest BCUT2D eigenvalue weighted by molar-refractivity contribution is 5.67. The first-order valence-electron chi connectivity index (χ1n) is 7.42. The van der Waals surface area contributed by atoms with E-state index in [1.54, 1.807) is 18.2 Å². The van der Waals surface area contributed by atoms with E-state index in [0.29, 0.717) is 0 Å². The van der Waals surface area contributed by atoms with Gasteiger partial charge in [-0.25, -0.2) is 4.79 Å². The molecule has 0 saturated heterocycles. The van der Waals surface area contributed by atoms with Gasteiger partial charge in [0.15, 0.2) is 0 Å². The maximum Gasteiger partial charge on any atom is 0.407 e. The molecular formula is C18H18N2O4. The summed E-state index contributed by atoms with van der Waals surface area (Å²) in [5, 5.41) is 13.4. The van der Waals surface area contributed by atoms with Crippen LogP contribution in [-0.2, 0) is 11.3 Å². The van der Waals surface area contributed by atoms with Gasteiger partial charge in [0.05, 0.1) is 4.92 Å². The van der Waals surface area contributed by atoms with Crippen LogP contribution < -0.4 is 5.32 Å². The van der Waals surface area contributed by atoms with Crippen molar-refractivity contribution in [1.29, 1.82) is 0 Å². The van der Waals surface area contributed by atoms with E-state index >= 15 is 0 Å². The molecule has 0 bridgehead atoms. The molecule has 0 spiro atoms. The maximum absolute atomic E-state index is 11.6. The van der Waals surface area contributed by atoms with E-state index in [9.17, 15) is 14.9 Å². The Labute approximate surface area is 139 Å². The minimum Gasteiger partial charge on any atom is -0.445 e. The zero-order valence-corrected chi connectivity index (χ0v) is 13.3. The van der Waals surface area contributed by atoms with Crippen molar-refractivity contribution in [3.8, 4) is 0 Å². The van der Waals surface area contributed by atoms with Gasteiger partial charge < -0.3 is 10.1 Å². The number of benzene rings is 2. The van der Waals surface area contributed by atoms with Crippen LogP contribution in [0.5, 0.6) is 0 Å². The zero-order valence-electron chi connectivity index (χ0n) is 13.3. The normalized spacial score (nSPS) is 10.5. The summed E-state index contributed by atoms with van der Waals surface area (Å²) < 4.78 is 5.08. The van der Waals surface area contributed by atoms with Crippen LogP contribution in [0.3, 0.4) is 0 Å². The number of aryl methyl sites for hydroxylation is 1. The van der Waals surface area contributed by atoms with Crippen LogP contribution in [0.4, 0.5) is 10.5 Å². The van der Waals surface area contributed by atoms with Crippen LogP contribution in [0.1, 0.15) is 16.7 Å². The topological polar surface area (TPSA) is 81.5 Å². The Bertz CT molecular complexity index is 742. The lowest BCUT2D eigenvalue weighted by molar-refractivity contribution is -0.384. The Morgan fingerprint density at radius 1 is 1.25 bits per heavy atom. The van der Waals surface area contributed by atoms with Gasteiger partial charge in [-0.2, -0.15) is 0 Å². The third-order valence-corrected chi connectivity index (χ3v) is 3.35. The number of nitro benzene ring substituents is 1. The van der Waals surface area contributed by atoms with Crippen LogP contribution >= 0.6 is 0 Å². The molecule has 24 heavy (non-hydrogen) atoms. The first-order chi connectivity index (χ1) is 11.6. The van der Waals surface area contributed by atoms with Crippen molar-refractivity contribution >= 4 is 17.9 Å². The number of ether oxygens (including phenoxy) is 1. The number of carbonyl (C=O) groups is 1. The molecule has 2 aromatic carbocycles. The third-order valence-electron chi connectivity index (χ3n) is 3.35. The van der Waals surface area contributed by atoms with Gasteiger partial charge in [0.1, 0.15) is 6.61 Å². The molecule has 6 heteroatoms. The van der Waals surface area contributed by atoms with Crippen molar-refractivity contribution in [1.82, 2.24) is 5.32 Å². The molecular weight excluding hydrogens is 308 g/mol. The minimum absolute atomic E-state index is 0.0375. The Hall–Kier alpha value is -3.15. The summed E-state index contributed by atoms with van der Waals surface area (Å²) in [4.78, 5) is 21.9. The molecule has 0 aliphatic heterocycles. The molecule has 0 unspecified atom stereocenters. The lowest BCUT2D eigenvalue weighted by Gasteiger charge is -2.05. The molecule has 0 saturated carbocycles. The quantitative estimate of drug-likeness (QED) is 0.646. The summed E-state index contributed by atoms with van der Waals surface area (Å²) in [5.41, 5.74) is 2.61. The van der Waals surface area contributed by atoms with Crippen molar-refractivity contribution in [2.75, 3.05) is 6.54 Å². The molecule has 0 aliphatic rings. The van der Waals surface area contributed by atoms with Crippen molar-refractivity contribution in [2.45, 2.75) is 13.5 Å². The van der Waals surface area contributed by atoms with E-state index in [2.05, 4.69) is 5.32 Å². The molecule has 0 aromatic heterocycles. The van der Waals surface area contributed by atoms with E-state index in [0.717, 1.165) is 16.7 Å². The standard InChI is InChI=1S/C18H18N2O4/c1-14-9-10-17(20(22)23)12-16(14)8-5-11-19-18(21)24-13-15-6-3-2-4-7-15/h2-10,12H,11,13H2,1H3,(H,19,21). The van der Waals surface area contributed by atoms with E-state index in [4.69, 9.17) is 4.74 Å². The summed E-state index contributed by atoms with van der Waals surface area (Å²) in [7, 11) is 0. The molecule has 6 nitrogen and oxygen atoms in total. The SMILES string of the molecule is Cc1ccc([N+](=O)[O-])cc1C=CCNC(=O)OCc1ccccc1. The second kappa shape index (κ2) is 8.47. The van der Waals surface area contributed by atoms with Gasteiger partial charge in [0, 0.05) is 18.7 Å². The van der Waals surface area contributed by atoms with Crippen LogP contribution in [0.25, 0.3) is 6.08 Å². The Kier molecular flexibility index (Phi) is 6.08. The van der Waals surface area contributed by atoms with Crippen molar-refractivity contribution in [2.24, 2.45) is 0 Å². The number of alkyl carbamates (subject to hydrolysis) is 1. The monoisotopic (exact) mass is 326 g/mol. The first kappa shape index (κ1) is 17.2. The predicted octanol–water partition coefficient (Wildman–Crippen LogP) is 3.84. The van der Waals surface area contributed by atoms with E-state index < -0.39 is 11.0 Å². The Balaban J connectivity index is 1.81. The summed E-state index contributed by atoms with van der Waals surface area (Å²) in [6.07, 6.45) is 2.94. The van der Waals surface area contributed by atoms with Crippen LogP contribution in [0.15, 0.2) is 54.6 Å². The summed E-state index contributed by atoms with van der Waals surface area (Å²) in [5.74, 6) is 0. The molecule has 0 radical (unpaired) electrons. The highest BCUT2D eigenvalue weighted by Gasteiger charge is 2.06. The van der Waals surface area contributed by atoms with Crippen molar-refractivity contribution in [3.05, 3.63) is 81.4 Å². The smallest absolute Gasteiger partial charge is 0.407 e. The number of nitro groups is 1. The molecule has 0 atom stereocenters. The largest absolute Gasteiger partial charge is 0.445 e. The molecule has 0 heterocycles. The fraction of sp³-hybridized carbons (Fsp3) is 0.167. The fourth-order valence-corrected chi connectivity index (χ4v) is 2.02. The highest BCUT2D eigenvalue weighted by Crippen LogP contribution is 2.18. The number of nitrogens with zero attached hydrogens (tertiary/aromatic N) is 1. The van der Waals surface area contributed by atoms with Crippen molar-refractivity contribution < 1.29 is 14.5 Å². The predicted molar refractivity (Wildman–Crippen MR) is 91.5 cm³/mol. The van der Waals surface area contributed by atoms with E-state index in [1.807, 2.05) is 37.3 Å². The van der Waals surface area contributed by atoms with Crippen molar-refractivity contribution in [3.63, 3.8) is 0 Å². The summed E-state index contributed by atoms with van der Waals surface area (Å²) in [6, 6.07) is 14.0. The van der Waals surface area contributed by atoms with Crippen LogP contribution in [-0.4, -0.2) is 17.6 Å².